The van der Waals surface area contributed by atoms with Crippen molar-refractivity contribution in [3.05, 3.63) is 41.5 Å². The second kappa shape index (κ2) is 6.99. The Bertz CT molecular complexity index is 853. The van der Waals surface area contributed by atoms with Crippen molar-refractivity contribution in [3.8, 4) is 0 Å². The number of esters is 1. The van der Waals surface area contributed by atoms with Crippen LogP contribution < -0.4 is 0 Å². The number of ether oxygens (including phenoxy) is 1. The molecule has 1 aromatic carbocycles. The van der Waals surface area contributed by atoms with E-state index < -0.39 is 15.3 Å². The molecule has 0 heterocycles. The quantitative estimate of drug-likeness (QED) is 0.754. The summed E-state index contributed by atoms with van der Waals surface area (Å²) in [4.78, 5) is 24.3. The molecular formula is C20H24O5S. The van der Waals surface area contributed by atoms with Crippen LogP contribution in [0.25, 0.3) is 0 Å². The molecule has 26 heavy (non-hydrogen) atoms. The second-order valence-corrected chi connectivity index (χ2v) is 9.35. The summed E-state index contributed by atoms with van der Waals surface area (Å²) in [6.45, 7) is 3.38. The second-order valence-electron chi connectivity index (χ2n) is 7.36. The lowest BCUT2D eigenvalue weighted by Crippen LogP contribution is -2.44. The van der Waals surface area contributed by atoms with E-state index in [-0.39, 0.29) is 34.9 Å². The van der Waals surface area contributed by atoms with Crippen LogP contribution in [0.4, 0.5) is 0 Å². The van der Waals surface area contributed by atoms with Crippen LogP contribution in [0.1, 0.15) is 46.0 Å². The van der Waals surface area contributed by atoms with Gasteiger partial charge in [-0.15, -0.1) is 0 Å². The summed E-state index contributed by atoms with van der Waals surface area (Å²) in [5, 5.41) is 0. The molecule has 5 nitrogen and oxygen atoms in total. The third-order valence-corrected chi connectivity index (χ3v) is 7.27. The molecule has 0 amide bonds. The Balaban J connectivity index is 2.01. The normalized spacial score (nSPS) is 26.4. The van der Waals surface area contributed by atoms with Crippen LogP contribution in [0.5, 0.6) is 0 Å². The number of ketones is 1. The minimum atomic E-state index is -3.60. The van der Waals surface area contributed by atoms with Gasteiger partial charge in [-0.25, -0.2) is 8.42 Å². The Morgan fingerprint density at radius 3 is 2.58 bits per heavy atom. The van der Waals surface area contributed by atoms with Crippen LogP contribution in [-0.4, -0.2) is 32.0 Å². The molecule has 0 spiro atoms. The average Bonchev–Trinajstić information content (AvgIpc) is 2.59. The molecule has 2 aliphatic carbocycles. The molecule has 0 aromatic heterocycles. The highest BCUT2D eigenvalue weighted by Gasteiger charge is 2.47. The van der Waals surface area contributed by atoms with E-state index in [2.05, 4.69) is 0 Å². The van der Waals surface area contributed by atoms with Gasteiger partial charge in [0.1, 0.15) is 6.10 Å². The van der Waals surface area contributed by atoms with Crippen molar-refractivity contribution in [3.63, 3.8) is 0 Å². The van der Waals surface area contributed by atoms with Crippen molar-refractivity contribution < 1.29 is 22.7 Å². The number of carbonyl (C=O) groups is 2. The molecule has 0 saturated heterocycles. The Labute approximate surface area is 154 Å². The van der Waals surface area contributed by atoms with E-state index in [0.29, 0.717) is 18.4 Å². The van der Waals surface area contributed by atoms with Gasteiger partial charge in [-0.2, -0.15) is 0 Å². The topological polar surface area (TPSA) is 77.5 Å². The number of benzene rings is 1. The number of sulfone groups is 1. The van der Waals surface area contributed by atoms with E-state index in [4.69, 9.17) is 4.74 Å². The number of hydrogen-bond acceptors (Lipinski definition) is 5. The van der Waals surface area contributed by atoms with Crippen LogP contribution in [0.3, 0.4) is 0 Å². The minimum absolute atomic E-state index is 0.0968. The lowest BCUT2D eigenvalue weighted by Gasteiger charge is -2.46. The lowest BCUT2D eigenvalue weighted by atomic mass is 9.62. The monoisotopic (exact) mass is 376 g/mol. The van der Waals surface area contributed by atoms with Crippen LogP contribution in [0.15, 0.2) is 46.4 Å². The number of carbonyl (C=O) groups excluding carboxylic acids is 2. The fourth-order valence-corrected chi connectivity index (χ4v) is 5.67. The van der Waals surface area contributed by atoms with Crippen molar-refractivity contribution in [2.75, 3.05) is 5.75 Å². The summed E-state index contributed by atoms with van der Waals surface area (Å²) in [5.41, 5.74) is 0.810. The van der Waals surface area contributed by atoms with Crippen LogP contribution in [-0.2, 0) is 24.2 Å². The van der Waals surface area contributed by atoms with E-state index >= 15 is 0 Å². The maximum Gasteiger partial charge on any atom is 0.302 e. The minimum Gasteiger partial charge on any atom is -0.462 e. The molecule has 2 atom stereocenters. The number of fused-ring (bicyclic) bond motifs is 1. The van der Waals surface area contributed by atoms with Crippen molar-refractivity contribution in [1.29, 1.82) is 0 Å². The van der Waals surface area contributed by atoms with Crippen LogP contribution >= 0.6 is 0 Å². The molecule has 140 valence electrons. The summed E-state index contributed by atoms with van der Waals surface area (Å²) in [6.07, 6.45) is 2.79. The third kappa shape index (κ3) is 3.47. The molecule has 1 saturated carbocycles. The van der Waals surface area contributed by atoms with Gasteiger partial charge in [0.2, 0.25) is 0 Å². The van der Waals surface area contributed by atoms with Crippen molar-refractivity contribution >= 4 is 21.6 Å². The zero-order valence-electron chi connectivity index (χ0n) is 15.2. The summed E-state index contributed by atoms with van der Waals surface area (Å²) in [7, 11) is -3.60. The lowest BCUT2D eigenvalue weighted by molar-refractivity contribution is -0.154. The molecule has 3 rings (SSSR count). The smallest absolute Gasteiger partial charge is 0.302 e. The summed E-state index contributed by atoms with van der Waals surface area (Å²) >= 11 is 0. The average molecular weight is 376 g/mol. The van der Waals surface area contributed by atoms with E-state index in [1.807, 2.05) is 6.92 Å². The van der Waals surface area contributed by atoms with Crippen LogP contribution in [0, 0.1) is 5.41 Å². The molecule has 0 N–H and O–H groups in total. The SMILES string of the molecule is CC(=O)OC1CCCC2=C(CS(=O)(=O)c3ccccc3)C(=O)CCC21C. The molecule has 0 aliphatic heterocycles. The third-order valence-electron chi connectivity index (χ3n) is 5.61. The number of rotatable bonds is 4. The Hall–Kier alpha value is -1.95. The molecule has 1 aromatic rings. The van der Waals surface area contributed by atoms with Gasteiger partial charge in [0.15, 0.2) is 15.6 Å². The predicted octanol–water partition coefficient (Wildman–Crippen LogP) is 3.24. The molecule has 0 radical (unpaired) electrons. The predicted molar refractivity (Wildman–Crippen MR) is 97.3 cm³/mol. The highest BCUT2D eigenvalue weighted by atomic mass is 32.2. The Kier molecular flexibility index (Phi) is 5.06. The van der Waals surface area contributed by atoms with Gasteiger partial charge in [0.25, 0.3) is 0 Å². The van der Waals surface area contributed by atoms with E-state index in [0.717, 1.165) is 18.4 Å². The largest absolute Gasteiger partial charge is 0.462 e. The van der Waals surface area contributed by atoms with Crippen molar-refractivity contribution in [1.82, 2.24) is 0 Å². The number of Topliss-reactive ketones (excluding diaryl/α,β-unsaturated/α-hetero) is 1. The number of hydrogen-bond donors (Lipinski definition) is 0. The molecule has 1 fully saturated rings. The van der Waals surface area contributed by atoms with Gasteiger partial charge in [0.05, 0.1) is 10.6 Å². The summed E-state index contributed by atoms with van der Waals surface area (Å²) in [5.74, 6) is -0.721. The zero-order chi connectivity index (χ0) is 18.9. The van der Waals surface area contributed by atoms with E-state index in [9.17, 15) is 18.0 Å². The molecule has 0 bridgehead atoms. The van der Waals surface area contributed by atoms with Gasteiger partial charge in [-0.05, 0) is 37.8 Å². The van der Waals surface area contributed by atoms with E-state index in [1.54, 1.807) is 30.3 Å². The molecule has 6 heteroatoms. The van der Waals surface area contributed by atoms with Crippen LogP contribution in [0.2, 0.25) is 0 Å². The van der Waals surface area contributed by atoms with Gasteiger partial charge in [-0.3, -0.25) is 9.59 Å². The first-order valence-electron chi connectivity index (χ1n) is 8.95. The van der Waals surface area contributed by atoms with Gasteiger partial charge in [0, 0.05) is 24.3 Å². The first kappa shape index (κ1) is 18.8. The standard InChI is InChI=1S/C20H24O5S/c1-14(21)25-19-10-6-9-17-16(18(22)11-12-20(17,19)2)13-26(23,24)15-7-4-3-5-8-15/h3-5,7-8,19H,6,9-13H2,1-2H3. The van der Waals surface area contributed by atoms with Gasteiger partial charge < -0.3 is 4.74 Å². The highest BCUT2D eigenvalue weighted by Crippen LogP contribution is 2.50. The summed E-state index contributed by atoms with van der Waals surface area (Å²) < 4.78 is 31.2. The fourth-order valence-electron chi connectivity index (χ4n) is 4.22. The highest BCUT2D eigenvalue weighted by molar-refractivity contribution is 7.91. The van der Waals surface area contributed by atoms with Gasteiger partial charge >= 0.3 is 5.97 Å². The van der Waals surface area contributed by atoms with E-state index in [1.165, 1.54) is 6.92 Å². The first-order valence-corrected chi connectivity index (χ1v) is 10.6. The first-order chi connectivity index (χ1) is 12.2. The van der Waals surface area contributed by atoms with Gasteiger partial charge in [-0.1, -0.05) is 30.7 Å². The molecular weight excluding hydrogens is 352 g/mol. The molecule has 2 aliphatic rings. The fraction of sp³-hybridized carbons (Fsp3) is 0.500. The maximum atomic E-state index is 12.8. The Morgan fingerprint density at radius 1 is 1.23 bits per heavy atom. The summed E-state index contributed by atoms with van der Waals surface area (Å²) in [6, 6.07) is 8.21. The van der Waals surface area contributed by atoms with Crippen molar-refractivity contribution in [2.45, 2.75) is 57.0 Å². The maximum absolute atomic E-state index is 12.8. The Morgan fingerprint density at radius 2 is 1.92 bits per heavy atom. The molecule has 2 unspecified atom stereocenters. The zero-order valence-corrected chi connectivity index (χ0v) is 16.0. The van der Waals surface area contributed by atoms with Crippen molar-refractivity contribution in [2.24, 2.45) is 5.41 Å².